The van der Waals surface area contributed by atoms with Gasteiger partial charge in [-0.15, -0.1) is 0 Å². The maximum absolute atomic E-state index is 12.9. The molecule has 0 amide bonds. The van der Waals surface area contributed by atoms with Gasteiger partial charge in [-0.25, -0.2) is 9.59 Å². The number of fused-ring (bicyclic) bond motifs is 5. The molecule has 0 heterocycles. The number of aromatic carboxylic acids is 1. The van der Waals surface area contributed by atoms with E-state index in [0.29, 0.717) is 16.7 Å². The fourth-order valence-electron chi connectivity index (χ4n) is 10.0. The Morgan fingerprint density at radius 3 is 2.39 bits per heavy atom. The van der Waals surface area contributed by atoms with E-state index < -0.39 is 11.9 Å². The van der Waals surface area contributed by atoms with Crippen LogP contribution in [0.5, 0.6) is 0 Å². The Morgan fingerprint density at radius 2 is 1.67 bits per heavy atom. The Morgan fingerprint density at radius 1 is 0.972 bits per heavy atom. The maximum Gasteiger partial charge on any atom is 0.339 e. The summed E-state index contributed by atoms with van der Waals surface area (Å²) >= 11 is 0. The second kappa shape index (κ2) is 9.80. The summed E-state index contributed by atoms with van der Waals surface area (Å²) in [5, 5.41) is 9.47. The van der Waals surface area contributed by atoms with Gasteiger partial charge < -0.3 is 9.84 Å². The van der Waals surface area contributed by atoms with Crippen LogP contribution >= 0.6 is 0 Å². The number of benzene rings is 1. The molecule has 4 saturated carbocycles. The average molecular weight is 495 g/mol. The number of rotatable bonds is 6. The molecule has 4 aliphatic carbocycles. The lowest BCUT2D eigenvalue weighted by Gasteiger charge is -2.61. The van der Waals surface area contributed by atoms with E-state index >= 15 is 0 Å². The summed E-state index contributed by atoms with van der Waals surface area (Å²) in [6, 6.07) is 6.40. The Hall–Kier alpha value is -1.84. The van der Waals surface area contributed by atoms with Gasteiger partial charge in [0, 0.05) is 0 Å². The quantitative estimate of drug-likeness (QED) is 0.407. The van der Waals surface area contributed by atoms with Crippen molar-refractivity contribution in [1.82, 2.24) is 0 Å². The van der Waals surface area contributed by atoms with Crippen molar-refractivity contribution in [3.05, 3.63) is 35.4 Å². The molecule has 5 unspecified atom stereocenters. The van der Waals surface area contributed by atoms with E-state index in [1.807, 2.05) is 0 Å². The molecule has 0 bridgehead atoms. The van der Waals surface area contributed by atoms with Gasteiger partial charge in [-0.1, -0.05) is 52.7 Å². The molecule has 1 N–H and O–H groups in total. The Kier molecular flexibility index (Phi) is 7.02. The highest BCUT2D eigenvalue weighted by atomic mass is 16.5. The number of hydrogen-bond acceptors (Lipinski definition) is 3. The third kappa shape index (κ3) is 4.21. The van der Waals surface area contributed by atoms with Crippen molar-refractivity contribution >= 4 is 11.9 Å². The standard InChI is InChI=1S/C32H46O4/c1-5-8-20(2)26-13-14-27-25-12-11-21-19-22(15-17-31(21,3)28(25)16-18-32(26,27)4)36-30(35)24-10-7-6-9-23(24)29(33)34/h6-7,9-10,20-22,25-28H,5,8,11-19H2,1-4H3,(H,33,34)/t20-,21?,22?,25?,26-,27?,28?,31+,32-/m1/s1. The number of carboxylic acids is 1. The van der Waals surface area contributed by atoms with Crippen molar-refractivity contribution < 1.29 is 19.4 Å². The van der Waals surface area contributed by atoms with Gasteiger partial charge in [0.1, 0.15) is 6.10 Å². The first kappa shape index (κ1) is 25.8. The Bertz CT molecular complexity index is 986. The van der Waals surface area contributed by atoms with E-state index in [9.17, 15) is 14.7 Å². The summed E-state index contributed by atoms with van der Waals surface area (Å²) in [5.41, 5.74) is 1.07. The van der Waals surface area contributed by atoms with Crippen LogP contribution in [-0.2, 0) is 4.74 Å². The van der Waals surface area contributed by atoms with Crippen LogP contribution in [0.3, 0.4) is 0 Å². The first-order valence-corrected chi connectivity index (χ1v) is 14.7. The minimum Gasteiger partial charge on any atom is -0.478 e. The van der Waals surface area contributed by atoms with Gasteiger partial charge >= 0.3 is 11.9 Å². The Labute approximate surface area is 217 Å². The average Bonchev–Trinajstić information content (AvgIpc) is 3.21. The van der Waals surface area contributed by atoms with E-state index in [1.54, 1.807) is 18.2 Å². The molecule has 198 valence electrons. The second-order valence-electron chi connectivity index (χ2n) is 13.3. The van der Waals surface area contributed by atoms with Crippen molar-refractivity contribution in [1.29, 1.82) is 0 Å². The van der Waals surface area contributed by atoms with Gasteiger partial charge in [0.05, 0.1) is 11.1 Å². The van der Waals surface area contributed by atoms with E-state index in [1.165, 1.54) is 57.4 Å². The third-order valence-electron chi connectivity index (χ3n) is 11.8. The summed E-state index contributed by atoms with van der Waals surface area (Å²) in [4.78, 5) is 24.5. The molecule has 4 nitrogen and oxygen atoms in total. The van der Waals surface area contributed by atoms with Crippen LogP contribution in [0.1, 0.15) is 119 Å². The lowest BCUT2D eigenvalue weighted by Crippen LogP contribution is -2.54. The lowest BCUT2D eigenvalue weighted by atomic mass is 9.44. The zero-order valence-corrected chi connectivity index (χ0v) is 22.8. The molecule has 4 heteroatoms. The monoisotopic (exact) mass is 494 g/mol. The number of hydrogen-bond donors (Lipinski definition) is 1. The molecular formula is C32H46O4. The van der Waals surface area contributed by atoms with E-state index in [4.69, 9.17) is 4.74 Å². The highest BCUT2D eigenvalue weighted by molar-refractivity contribution is 6.02. The molecule has 0 spiro atoms. The van der Waals surface area contributed by atoms with Crippen molar-refractivity contribution in [3.8, 4) is 0 Å². The zero-order chi connectivity index (χ0) is 25.7. The lowest BCUT2D eigenvalue weighted by molar-refractivity contribution is -0.130. The molecule has 0 aliphatic heterocycles. The third-order valence-corrected chi connectivity index (χ3v) is 11.8. The van der Waals surface area contributed by atoms with Crippen molar-refractivity contribution in [2.24, 2.45) is 46.3 Å². The number of ether oxygens (including phenoxy) is 1. The highest BCUT2D eigenvalue weighted by Gasteiger charge is 2.60. The molecule has 9 atom stereocenters. The summed E-state index contributed by atoms with van der Waals surface area (Å²) in [6.45, 7) is 10.1. The minimum absolute atomic E-state index is 0.0250. The fourth-order valence-corrected chi connectivity index (χ4v) is 10.0. The summed E-state index contributed by atoms with van der Waals surface area (Å²) in [7, 11) is 0. The van der Waals surface area contributed by atoms with Crippen LogP contribution in [0.2, 0.25) is 0 Å². The van der Waals surface area contributed by atoms with Crippen LogP contribution in [0.15, 0.2) is 24.3 Å². The number of esters is 1. The summed E-state index contributed by atoms with van der Waals surface area (Å²) in [5.74, 6) is 3.34. The van der Waals surface area contributed by atoms with Gasteiger partial charge in [0.15, 0.2) is 0 Å². The van der Waals surface area contributed by atoms with Crippen LogP contribution in [-0.4, -0.2) is 23.1 Å². The molecule has 0 saturated heterocycles. The molecule has 0 radical (unpaired) electrons. The van der Waals surface area contributed by atoms with Crippen LogP contribution in [0.4, 0.5) is 0 Å². The van der Waals surface area contributed by atoms with Gasteiger partial charge in [0.2, 0.25) is 0 Å². The van der Waals surface area contributed by atoms with Crippen LogP contribution in [0.25, 0.3) is 0 Å². The first-order valence-electron chi connectivity index (χ1n) is 14.7. The zero-order valence-electron chi connectivity index (χ0n) is 22.8. The predicted molar refractivity (Wildman–Crippen MR) is 142 cm³/mol. The predicted octanol–water partition coefficient (Wildman–Crippen LogP) is 8.01. The molecule has 4 fully saturated rings. The van der Waals surface area contributed by atoms with E-state index in [0.717, 1.165) is 48.9 Å². The van der Waals surface area contributed by atoms with E-state index in [2.05, 4.69) is 27.7 Å². The smallest absolute Gasteiger partial charge is 0.339 e. The summed E-state index contributed by atoms with van der Waals surface area (Å²) in [6.07, 6.45) is 13.7. The minimum atomic E-state index is -1.08. The second-order valence-corrected chi connectivity index (χ2v) is 13.3. The van der Waals surface area contributed by atoms with Gasteiger partial charge in [0.25, 0.3) is 0 Å². The van der Waals surface area contributed by atoms with Crippen molar-refractivity contribution in [2.45, 2.75) is 104 Å². The number of carbonyl (C=O) groups excluding carboxylic acids is 1. The maximum atomic E-state index is 12.9. The van der Waals surface area contributed by atoms with Gasteiger partial charge in [-0.05, 0) is 116 Å². The number of carbonyl (C=O) groups is 2. The number of carboxylic acid groups (broad SMARTS) is 1. The molecular weight excluding hydrogens is 448 g/mol. The molecule has 5 rings (SSSR count). The molecule has 1 aromatic rings. The van der Waals surface area contributed by atoms with Gasteiger partial charge in [-0.2, -0.15) is 0 Å². The first-order chi connectivity index (χ1) is 17.2. The highest BCUT2D eigenvalue weighted by Crippen LogP contribution is 2.68. The van der Waals surface area contributed by atoms with E-state index in [-0.39, 0.29) is 17.2 Å². The van der Waals surface area contributed by atoms with Gasteiger partial charge in [-0.3, -0.25) is 0 Å². The topological polar surface area (TPSA) is 63.6 Å². The normalized spacial score (nSPS) is 40.4. The molecule has 1 aromatic carbocycles. The molecule has 4 aliphatic rings. The van der Waals surface area contributed by atoms with Crippen molar-refractivity contribution in [3.63, 3.8) is 0 Å². The fraction of sp³-hybridized carbons (Fsp3) is 0.750. The largest absolute Gasteiger partial charge is 0.478 e. The Balaban J connectivity index is 1.27. The molecule has 36 heavy (non-hydrogen) atoms. The van der Waals surface area contributed by atoms with Crippen LogP contribution < -0.4 is 0 Å². The van der Waals surface area contributed by atoms with Crippen molar-refractivity contribution in [2.75, 3.05) is 0 Å². The SMILES string of the molecule is CCC[C@@H](C)[C@H]1CCC2C3CCC4CC(OC(=O)c5ccccc5C(=O)O)CC[C@]4(C)C3CC[C@@]21C. The van der Waals surface area contributed by atoms with Crippen LogP contribution in [0, 0.1) is 46.3 Å². The summed E-state index contributed by atoms with van der Waals surface area (Å²) < 4.78 is 5.94. The molecule has 0 aromatic heterocycles.